The first-order valence-electron chi connectivity index (χ1n) is 9.35. The maximum absolute atomic E-state index is 12.0. The van der Waals surface area contributed by atoms with Crippen LogP contribution in [0.4, 0.5) is 0 Å². The summed E-state index contributed by atoms with van der Waals surface area (Å²) < 4.78 is 7.68. The second-order valence-electron chi connectivity index (χ2n) is 6.73. The number of rotatable bonds is 7. The van der Waals surface area contributed by atoms with Gasteiger partial charge in [-0.3, -0.25) is 9.69 Å². The largest absolute Gasteiger partial charge is 0.496 e. The SMILES string of the molecule is CCN(CC)C1CCC(C(=O)O)c2c1n(CCO)c1cccc(OC)c21. The van der Waals surface area contributed by atoms with E-state index in [4.69, 9.17) is 4.74 Å². The molecule has 2 unspecified atom stereocenters. The van der Waals surface area contributed by atoms with Crippen molar-refractivity contribution in [2.45, 2.75) is 45.2 Å². The molecule has 0 saturated carbocycles. The number of hydrogen-bond acceptors (Lipinski definition) is 4. The van der Waals surface area contributed by atoms with E-state index in [1.165, 1.54) is 0 Å². The van der Waals surface area contributed by atoms with Crippen molar-refractivity contribution in [2.24, 2.45) is 0 Å². The van der Waals surface area contributed by atoms with Crippen molar-refractivity contribution in [3.63, 3.8) is 0 Å². The Morgan fingerprint density at radius 2 is 2.04 bits per heavy atom. The van der Waals surface area contributed by atoms with Crippen LogP contribution in [0.5, 0.6) is 5.75 Å². The van der Waals surface area contributed by atoms with E-state index in [0.717, 1.165) is 41.7 Å². The maximum Gasteiger partial charge on any atom is 0.311 e. The average molecular weight is 360 g/mol. The highest BCUT2D eigenvalue weighted by molar-refractivity contribution is 5.96. The topological polar surface area (TPSA) is 74.9 Å². The van der Waals surface area contributed by atoms with Gasteiger partial charge < -0.3 is 19.5 Å². The Hall–Kier alpha value is -2.05. The normalized spacial score (nSPS) is 19.7. The summed E-state index contributed by atoms with van der Waals surface area (Å²) in [5, 5.41) is 20.4. The van der Waals surface area contributed by atoms with Crippen LogP contribution in [0.1, 0.15) is 49.9 Å². The molecule has 26 heavy (non-hydrogen) atoms. The molecule has 6 nitrogen and oxygen atoms in total. The Balaban J connectivity index is 2.37. The molecule has 1 aliphatic rings. The van der Waals surface area contributed by atoms with Crippen LogP contribution in [-0.4, -0.2) is 52.5 Å². The van der Waals surface area contributed by atoms with E-state index in [-0.39, 0.29) is 12.6 Å². The van der Waals surface area contributed by atoms with E-state index in [2.05, 4.69) is 23.3 Å². The van der Waals surface area contributed by atoms with Crippen molar-refractivity contribution in [2.75, 3.05) is 26.8 Å². The first kappa shape index (κ1) is 18.7. The quantitative estimate of drug-likeness (QED) is 0.794. The number of carbonyl (C=O) groups is 1. The molecule has 0 amide bonds. The van der Waals surface area contributed by atoms with E-state index >= 15 is 0 Å². The van der Waals surface area contributed by atoms with Gasteiger partial charge >= 0.3 is 5.97 Å². The molecule has 0 radical (unpaired) electrons. The van der Waals surface area contributed by atoms with Crippen molar-refractivity contribution >= 4 is 16.9 Å². The molecule has 0 saturated heterocycles. The van der Waals surface area contributed by atoms with Crippen molar-refractivity contribution in [3.05, 3.63) is 29.5 Å². The molecule has 2 aromatic rings. The number of carboxylic acid groups (broad SMARTS) is 1. The summed E-state index contributed by atoms with van der Waals surface area (Å²) in [5.41, 5.74) is 2.83. The van der Waals surface area contributed by atoms with Gasteiger partial charge in [-0.2, -0.15) is 0 Å². The van der Waals surface area contributed by atoms with Crippen molar-refractivity contribution in [1.82, 2.24) is 9.47 Å². The number of aliphatic carboxylic acids is 1. The van der Waals surface area contributed by atoms with Crippen LogP contribution in [0.25, 0.3) is 10.9 Å². The van der Waals surface area contributed by atoms with Gasteiger partial charge in [0.25, 0.3) is 0 Å². The van der Waals surface area contributed by atoms with Crippen LogP contribution in [0.3, 0.4) is 0 Å². The summed E-state index contributed by atoms with van der Waals surface area (Å²) in [6.45, 7) is 6.52. The highest BCUT2D eigenvalue weighted by Crippen LogP contribution is 2.48. The minimum Gasteiger partial charge on any atom is -0.496 e. The number of fused-ring (bicyclic) bond motifs is 3. The summed E-state index contributed by atoms with van der Waals surface area (Å²) in [5.74, 6) is -0.643. The monoisotopic (exact) mass is 360 g/mol. The number of aliphatic hydroxyl groups excluding tert-OH is 1. The summed E-state index contributed by atoms with van der Waals surface area (Å²) in [6.07, 6.45) is 1.41. The van der Waals surface area contributed by atoms with Crippen LogP contribution in [-0.2, 0) is 11.3 Å². The zero-order valence-corrected chi connectivity index (χ0v) is 15.7. The van der Waals surface area contributed by atoms with Gasteiger partial charge in [-0.1, -0.05) is 19.9 Å². The third kappa shape index (κ3) is 2.87. The number of ether oxygens (including phenoxy) is 1. The van der Waals surface area contributed by atoms with Crippen molar-refractivity contribution in [1.29, 1.82) is 0 Å². The molecule has 2 atom stereocenters. The van der Waals surface area contributed by atoms with Gasteiger partial charge in [0, 0.05) is 23.2 Å². The first-order chi connectivity index (χ1) is 12.6. The number of benzene rings is 1. The van der Waals surface area contributed by atoms with Gasteiger partial charge in [0.15, 0.2) is 0 Å². The fraction of sp³-hybridized carbons (Fsp3) is 0.550. The smallest absolute Gasteiger partial charge is 0.311 e. The van der Waals surface area contributed by atoms with Gasteiger partial charge in [-0.05, 0) is 38.1 Å². The molecule has 0 spiro atoms. The highest BCUT2D eigenvalue weighted by Gasteiger charge is 2.39. The van der Waals surface area contributed by atoms with Crippen LogP contribution in [0.2, 0.25) is 0 Å². The lowest BCUT2D eigenvalue weighted by Gasteiger charge is -2.36. The second kappa shape index (κ2) is 7.68. The van der Waals surface area contributed by atoms with Gasteiger partial charge in [0.05, 0.1) is 31.2 Å². The molecule has 0 bridgehead atoms. The number of aromatic nitrogens is 1. The molecule has 6 heteroatoms. The third-order valence-electron chi connectivity index (χ3n) is 5.62. The molecule has 3 rings (SSSR count). The molecule has 1 aromatic carbocycles. The van der Waals surface area contributed by atoms with Crippen LogP contribution >= 0.6 is 0 Å². The third-order valence-corrected chi connectivity index (χ3v) is 5.62. The molecular weight excluding hydrogens is 332 g/mol. The minimum absolute atomic E-state index is 0.0101. The van der Waals surface area contributed by atoms with E-state index in [1.807, 2.05) is 18.2 Å². The zero-order chi connectivity index (χ0) is 18.8. The van der Waals surface area contributed by atoms with Gasteiger partial charge in [-0.25, -0.2) is 0 Å². The Morgan fingerprint density at radius 3 is 2.62 bits per heavy atom. The van der Waals surface area contributed by atoms with Gasteiger partial charge in [0.1, 0.15) is 5.75 Å². The standard InChI is InChI=1S/C20H28N2O4/c1-4-21(5-2)15-10-9-13(20(24)25)17-18-14(7-6-8-16(18)26-3)22(11-12-23)19(15)17/h6-8,13,15,23H,4-5,9-12H2,1-3H3,(H,24,25). The summed E-state index contributed by atoms with van der Waals surface area (Å²) in [6, 6.07) is 5.94. The van der Waals surface area contributed by atoms with Gasteiger partial charge in [-0.15, -0.1) is 0 Å². The fourth-order valence-corrected chi connectivity index (χ4v) is 4.51. The molecule has 0 aliphatic heterocycles. The lowest BCUT2D eigenvalue weighted by Crippen LogP contribution is -2.34. The first-order valence-corrected chi connectivity index (χ1v) is 9.35. The Labute approximate surface area is 154 Å². The Kier molecular flexibility index (Phi) is 5.53. The minimum atomic E-state index is -0.793. The van der Waals surface area contributed by atoms with Crippen LogP contribution in [0, 0.1) is 0 Å². The average Bonchev–Trinajstić information content (AvgIpc) is 2.98. The molecular formula is C20H28N2O4. The summed E-state index contributed by atoms with van der Waals surface area (Å²) in [7, 11) is 1.62. The molecule has 1 aliphatic carbocycles. The predicted molar refractivity (Wildman–Crippen MR) is 101 cm³/mol. The summed E-state index contributed by atoms with van der Waals surface area (Å²) in [4.78, 5) is 14.4. The molecule has 1 heterocycles. The van der Waals surface area contributed by atoms with Crippen molar-refractivity contribution in [3.8, 4) is 5.75 Å². The number of carboxylic acids is 1. The molecule has 0 fully saturated rings. The van der Waals surface area contributed by atoms with Crippen LogP contribution in [0.15, 0.2) is 18.2 Å². The van der Waals surface area contributed by atoms with E-state index < -0.39 is 11.9 Å². The predicted octanol–water partition coefficient (Wildman–Crippen LogP) is 2.99. The molecule has 142 valence electrons. The van der Waals surface area contributed by atoms with Crippen LogP contribution < -0.4 is 4.74 Å². The zero-order valence-electron chi connectivity index (χ0n) is 15.7. The number of nitrogens with zero attached hydrogens (tertiary/aromatic N) is 2. The lowest BCUT2D eigenvalue weighted by molar-refractivity contribution is -0.139. The lowest BCUT2D eigenvalue weighted by atomic mass is 9.81. The number of hydrogen-bond donors (Lipinski definition) is 2. The summed E-state index contributed by atoms with van der Waals surface area (Å²) >= 11 is 0. The fourth-order valence-electron chi connectivity index (χ4n) is 4.51. The molecule has 2 N–H and O–H groups in total. The number of methoxy groups -OCH3 is 1. The van der Waals surface area contributed by atoms with Crippen molar-refractivity contribution < 1.29 is 19.7 Å². The molecule has 1 aromatic heterocycles. The van der Waals surface area contributed by atoms with E-state index in [0.29, 0.717) is 18.7 Å². The Bertz CT molecular complexity index is 795. The Morgan fingerprint density at radius 1 is 1.31 bits per heavy atom. The highest BCUT2D eigenvalue weighted by atomic mass is 16.5. The van der Waals surface area contributed by atoms with Gasteiger partial charge in [0.2, 0.25) is 0 Å². The van der Waals surface area contributed by atoms with E-state index in [1.54, 1.807) is 7.11 Å². The van der Waals surface area contributed by atoms with E-state index in [9.17, 15) is 15.0 Å². The second-order valence-corrected chi connectivity index (χ2v) is 6.73. The maximum atomic E-state index is 12.0. The number of aliphatic hydroxyl groups is 1.